The maximum Gasteiger partial charge on any atom is 0.234 e. The van der Waals surface area contributed by atoms with E-state index in [4.69, 9.17) is 16.2 Å². The first-order chi connectivity index (χ1) is 13.8. The van der Waals surface area contributed by atoms with E-state index in [1.54, 1.807) is 36.5 Å². The minimum Gasteiger partial charge on any atom is -0.351 e. The summed E-state index contributed by atoms with van der Waals surface area (Å²) in [4.78, 5) is 26.2. The second-order valence-electron chi connectivity index (χ2n) is 8.52. The van der Waals surface area contributed by atoms with E-state index >= 15 is 0 Å². The summed E-state index contributed by atoms with van der Waals surface area (Å²) in [6.07, 6.45) is 7.88. The molecule has 4 N–H and O–H groups in total. The van der Waals surface area contributed by atoms with Crippen molar-refractivity contribution in [2.75, 3.05) is 34.6 Å². The monoisotopic (exact) mass is 396 g/mol. The zero-order valence-electron chi connectivity index (χ0n) is 17.1. The number of nitrogen functional groups attached to an aromatic ring is 1. The molecule has 1 amide bonds. The van der Waals surface area contributed by atoms with Crippen molar-refractivity contribution >= 4 is 29.0 Å². The molecule has 29 heavy (non-hydrogen) atoms. The van der Waals surface area contributed by atoms with Gasteiger partial charge in [-0.3, -0.25) is 14.9 Å². The highest BCUT2D eigenvalue weighted by atomic mass is 16.2. The van der Waals surface area contributed by atoms with Crippen molar-refractivity contribution in [1.29, 1.82) is 5.41 Å². The molecule has 0 saturated heterocycles. The second kappa shape index (κ2) is 7.06. The molecule has 1 saturated carbocycles. The van der Waals surface area contributed by atoms with E-state index in [1.165, 1.54) is 17.5 Å². The van der Waals surface area contributed by atoms with Crippen LogP contribution in [0.25, 0.3) is 0 Å². The highest BCUT2D eigenvalue weighted by Crippen LogP contribution is 2.40. The van der Waals surface area contributed by atoms with Gasteiger partial charge in [-0.15, -0.1) is 0 Å². The first kappa shape index (κ1) is 19.2. The fourth-order valence-electron chi connectivity index (χ4n) is 4.27. The molecule has 0 bridgehead atoms. The van der Waals surface area contributed by atoms with Gasteiger partial charge in [0.05, 0.1) is 17.3 Å². The van der Waals surface area contributed by atoms with Gasteiger partial charge in [-0.2, -0.15) is 4.98 Å². The number of anilines is 4. The third-order valence-electron chi connectivity index (χ3n) is 5.87. The lowest BCUT2D eigenvalue weighted by molar-refractivity contribution is -0.125. The molecular weight excluding hydrogens is 368 g/mol. The normalized spacial score (nSPS) is 19.2. The number of rotatable bonds is 3. The Bertz CT molecular complexity index is 992. The Morgan fingerprint density at radius 2 is 2.03 bits per heavy atom. The molecule has 1 aliphatic carbocycles. The molecule has 1 aliphatic heterocycles. The van der Waals surface area contributed by atoms with Gasteiger partial charge in [0, 0.05) is 25.8 Å². The number of aromatic nitrogens is 3. The maximum absolute atomic E-state index is 13.0. The third kappa shape index (κ3) is 3.41. The molecular formula is C20H28N8O. The predicted octanol–water partition coefficient (Wildman–Crippen LogP) is 1.97. The lowest BCUT2D eigenvalue weighted by Gasteiger charge is -2.34. The van der Waals surface area contributed by atoms with Gasteiger partial charge in [-0.05, 0) is 38.8 Å². The summed E-state index contributed by atoms with van der Waals surface area (Å²) < 4.78 is 1.23. The van der Waals surface area contributed by atoms with E-state index in [2.05, 4.69) is 15.2 Å². The molecule has 3 heterocycles. The zero-order chi connectivity index (χ0) is 20.8. The van der Waals surface area contributed by atoms with Crippen LogP contribution in [0.5, 0.6) is 0 Å². The highest BCUT2D eigenvalue weighted by Gasteiger charge is 2.41. The molecule has 2 aromatic rings. The second-order valence-corrected chi connectivity index (χ2v) is 8.52. The lowest BCUT2D eigenvalue weighted by atomic mass is 9.91. The molecule has 0 radical (unpaired) electrons. The van der Waals surface area contributed by atoms with Crippen LogP contribution in [0.4, 0.5) is 23.1 Å². The van der Waals surface area contributed by atoms with Gasteiger partial charge in [-0.1, -0.05) is 12.8 Å². The van der Waals surface area contributed by atoms with Crippen molar-refractivity contribution in [3.05, 3.63) is 30.0 Å². The SMILES string of the molecule is CN1C(=O)C(C)(C)CN(C2CCCC2)c2nc(Nc3cccn(N)c3=N)ncc21. The number of hydrogen-bond donors (Lipinski definition) is 3. The van der Waals surface area contributed by atoms with Crippen LogP contribution in [0.1, 0.15) is 39.5 Å². The number of nitrogens with one attached hydrogen (secondary N) is 2. The number of fused-ring (bicyclic) bond motifs is 1. The lowest BCUT2D eigenvalue weighted by Crippen LogP contribution is -2.45. The average Bonchev–Trinajstić information content (AvgIpc) is 3.21. The summed E-state index contributed by atoms with van der Waals surface area (Å²) in [6, 6.07) is 3.88. The van der Waals surface area contributed by atoms with E-state index in [1.807, 2.05) is 13.8 Å². The summed E-state index contributed by atoms with van der Waals surface area (Å²) in [5, 5.41) is 11.2. The van der Waals surface area contributed by atoms with Crippen LogP contribution in [-0.4, -0.2) is 40.2 Å². The average molecular weight is 396 g/mol. The van der Waals surface area contributed by atoms with Gasteiger partial charge in [0.2, 0.25) is 11.9 Å². The molecule has 0 spiro atoms. The highest BCUT2D eigenvalue weighted by molar-refractivity contribution is 6.00. The number of hydrogen-bond acceptors (Lipinski definition) is 7. The van der Waals surface area contributed by atoms with Crippen molar-refractivity contribution in [2.45, 2.75) is 45.6 Å². The van der Waals surface area contributed by atoms with Crippen molar-refractivity contribution < 1.29 is 4.79 Å². The fraction of sp³-hybridized carbons (Fsp3) is 0.500. The van der Waals surface area contributed by atoms with Crippen LogP contribution in [0, 0.1) is 10.8 Å². The molecule has 0 atom stereocenters. The summed E-state index contributed by atoms with van der Waals surface area (Å²) >= 11 is 0. The van der Waals surface area contributed by atoms with E-state index in [0.29, 0.717) is 29.9 Å². The van der Waals surface area contributed by atoms with Crippen LogP contribution in [0.15, 0.2) is 24.5 Å². The van der Waals surface area contributed by atoms with Gasteiger partial charge < -0.3 is 21.0 Å². The van der Waals surface area contributed by atoms with Gasteiger partial charge in [-0.25, -0.2) is 4.98 Å². The third-order valence-corrected chi connectivity index (χ3v) is 5.87. The number of carbonyl (C=O) groups excluding carboxylic acids is 1. The van der Waals surface area contributed by atoms with Crippen LogP contribution in [0.2, 0.25) is 0 Å². The number of carbonyl (C=O) groups is 1. The number of amides is 1. The number of pyridine rings is 1. The first-order valence-corrected chi connectivity index (χ1v) is 9.98. The van der Waals surface area contributed by atoms with Gasteiger partial charge >= 0.3 is 0 Å². The summed E-state index contributed by atoms with van der Waals surface area (Å²) in [6.45, 7) is 4.59. The van der Waals surface area contributed by atoms with Crippen molar-refractivity contribution in [3.8, 4) is 0 Å². The molecule has 2 aliphatic rings. The summed E-state index contributed by atoms with van der Waals surface area (Å²) in [5.74, 6) is 6.97. The molecule has 1 fully saturated rings. The van der Waals surface area contributed by atoms with Crippen LogP contribution < -0.4 is 26.4 Å². The van der Waals surface area contributed by atoms with Crippen LogP contribution >= 0.6 is 0 Å². The molecule has 0 aromatic carbocycles. The Kier molecular flexibility index (Phi) is 4.68. The van der Waals surface area contributed by atoms with E-state index < -0.39 is 5.41 Å². The van der Waals surface area contributed by atoms with Crippen molar-refractivity contribution in [2.24, 2.45) is 5.41 Å². The Morgan fingerprint density at radius 3 is 2.76 bits per heavy atom. The minimum absolute atomic E-state index is 0.0595. The number of nitrogens with two attached hydrogens (primary N) is 1. The number of nitrogens with zero attached hydrogens (tertiary/aromatic N) is 5. The molecule has 9 heteroatoms. The van der Waals surface area contributed by atoms with Crippen LogP contribution in [-0.2, 0) is 4.79 Å². The van der Waals surface area contributed by atoms with E-state index in [0.717, 1.165) is 18.7 Å². The summed E-state index contributed by atoms with van der Waals surface area (Å²) in [7, 11) is 1.79. The van der Waals surface area contributed by atoms with E-state index in [9.17, 15) is 4.79 Å². The minimum atomic E-state index is -0.523. The topological polar surface area (TPSA) is 116 Å². The van der Waals surface area contributed by atoms with Gasteiger partial charge in [0.1, 0.15) is 5.69 Å². The predicted molar refractivity (Wildman–Crippen MR) is 113 cm³/mol. The maximum atomic E-state index is 13.0. The Balaban J connectivity index is 1.78. The van der Waals surface area contributed by atoms with Crippen LogP contribution in [0.3, 0.4) is 0 Å². The Morgan fingerprint density at radius 1 is 1.31 bits per heavy atom. The molecule has 0 unspecified atom stereocenters. The Labute approximate surface area is 170 Å². The fourth-order valence-corrected chi connectivity index (χ4v) is 4.27. The van der Waals surface area contributed by atoms with E-state index in [-0.39, 0.29) is 11.4 Å². The Hall–Kier alpha value is -3.10. The molecule has 4 rings (SSSR count). The van der Waals surface area contributed by atoms with Gasteiger partial charge in [0.15, 0.2) is 11.3 Å². The molecule has 9 nitrogen and oxygen atoms in total. The molecule has 154 valence electrons. The molecule has 2 aromatic heterocycles. The summed E-state index contributed by atoms with van der Waals surface area (Å²) in [5.41, 5.74) is 0.837. The zero-order valence-corrected chi connectivity index (χ0v) is 17.1. The standard InChI is InChI=1S/C20H28N8O/c1-20(2)12-27(13-7-4-5-8-13)17-15(26(3)18(20)29)11-23-19(25-17)24-14-9-6-10-28(22)16(14)21/h6,9-11,13,21H,4-5,7-8,12,22H2,1-3H3,(H,23,24,25). The first-order valence-electron chi connectivity index (χ1n) is 9.98. The van der Waals surface area contributed by atoms with Crippen molar-refractivity contribution in [1.82, 2.24) is 14.6 Å². The largest absolute Gasteiger partial charge is 0.351 e. The quantitative estimate of drug-likeness (QED) is 0.683. The smallest absolute Gasteiger partial charge is 0.234 e. The van der Waals surface area contributed by atoms with Crippen molar-refractivity contribution in [3.63, 3.8) is 0 Å². The van der Waals surface area contributed by atoms with Gasteiger partial charge in [0.25, 0.3) is 0 Å².